The highest BCUT2D eigenvalue weighted by Crippen LogP contribution is 2.39. The van der Waals surface area contributed by atoms with Crippen LogP contribution in [0.3, 0.4) is 0 Å². The van der Waals surface area contributed by atoms with E-state index in [9.17, 15) is 35.2 Å². The summed E-state index contributed by atoms with van der Waals surface area (Å²) in [7, 11) is -8.84. The molecule has 240 valence electrons. The lowest BCUT2D eigenvalue weighted by molar-refractivity contribution is -0.127. The number of rotatable bonds is 16. The molecular weight excluding hydrogens is 630 g/mol. The van der Waals surface area contributed by atoms with E-state index in [0.29, 0.717) is 11.1 Å². The van der Waals surface area contributed by atoms with Crippen molar-refractivity contribution in [2.24, 2.45) is 17.1 Å². The summed E-state index contributed by atoms with van der Waals surface area (Å²) in [6.45, 7) is -1.58. The number of sulfone groups is 2. The standard InChI is InChI=1S/C31H32F2N2O8S2/c1-2-10-23(27(36)28-35-24-14-7-9-16-26(24)42-28)31(29(34)37,19-44(38,39)17-21-11-4-3-5-12-21)20-45(40,41)18-22-13-6-8-15-25(22)43-30(32)33/h3-9,11-16,23,30H,2,10,17-20H2,1H3,(H2,34,37)/t23-,31?/m1/s1. The van der Waals surface area contributed by atoms with Crippen molar-refractivity contribution in [2.75, 3.05) is 11.5 Å². The molecule has 0 saturated heterocycles. The van der Waals surface area contributed by atoms with E-state index in [0.717, 1.165) is 6.07 Å². The van der Waals surface area contributed by atoms with Gasteiger partial charge in [-0.15, -0.1) is 0 Å². The van der Waals surface area contributed by atoms with Crippen LogP contribution in [-0.4, -0.2) is 51.6 Å². The molecule has 0 radical (unpaired) electrons. The average Bonchev–Trinajstić information content (AvgIpc) is 3.40. The molecule has 10 nitrogen and oxygen atoms in total. The van der Waals surface area contributed by atoms with Gasteiger partial charge < -0.3 is 14.9 Å². The molecule has 3 aromatic carbocycles. The van der Waals surface area contributed by atoms with Crippen LogP contribution in [0, 0.1) is 11.3 Å². The molecule has 0 fully saturated rings. The van der Waals surface area contributed by atoms with Gasteiger partial charge in [0.05, 0.1) is 28.4 Å². The van der Waals surface area contributed by atoms with Crippen LogP contribution in [0.25, 0.3) is 11.1 Å². The van der Waals surface area contributed by atoms with Crippen LogP contribution in [0.4, 0.5) is 8.78 Å². The van der Waals surface area contributed by atoms with Crippen molar-refractivity contribution in [3.05, 3.63) is 95.9 Å². The zero-order chi connectivity index (χ0) is 32.8. The molecule has 4 rings (SSSR count). The average molecular weight is 663 g/mol. The van der Waals surface area contributed by atoms with E-state index in [1.165, 1.54) is 18.2 Å². The van der Waals surface area contributed by atoms with E-state index in [1.54, 1.807) is 61.5 Å². The number of hydrogen-bond acceptors (Lipinski definition) is 9. The van der Waals surface area contributed by atoms with Crippen molar-refractivity contribution >= 4 is 42.5 Å². The van der Waals surface area contributed by atoms with E-state index in [1.807, 2.05) is 0 Å². The lowest BCUT2D eigenvalue weighted by Crippen LogP contribution is -2.55. The summed E-state index contributed by atoms with van der Waals surface area (Å²) < 4.78 is 91.2. The predicted molar refractivity (Wildman–Crippen MR) is 163 cm³/mol. The monoisotopic (exact) mass is 662 g/mol. The Balaban J connectivity index is 1.83. The number of nitrogens with zero attached hydrogens (tertiary/aromatic N) is 1. The SMILES string of the molecule is CCC[C@H](C(=O)c1nc2ccccc2o1)C(CS(=O)(=O)Cc1ccccc1)(CS(=O)(=O)Cc1ccccc1OC(F)F)C(N)=O. The zero-order valence-electron chi connectivity index (χ0n) is 24.3. The third kappa shape index (κ3) is 8.31. The second-order valence-electron chi connectivity index (χ2n) is 10.7. The molecule has 1 heterocycles. The first-order valence-corrected chi connectivity index (χ1v) is 17.6. The summed E-state index contributed by atoms with van der Waals surface area (Å²) in [6.07, 6.45) is 0.0947. The largest absolute Gasteiger partial charge is 0.435 e. The van der Waals surface area contributed by atoms with Crippen LogP contribution < -0.4 is 10.5 Å². The van der Waals surface area contributed by atoms with E-state index in [-0.39, 0.29) is 24.0 Å². The quantitative estimate of drug-likeness (QED) is 0.167. The second-order valence-corrected chi connectivity index (χ2v) is 14.9. The van der Waals surface area contributed by atoms with Crippen molar-refractivity contribution in [3.8, 4) is 5.75 Å². The van der Waals surface area contributed by atoms with Gasteiger partial charge in [0, 0.05) is 11.5 Å². The summed E-state index contributed by atoms with van der Waals surface area (Å²) in [5, 5.41) is 0. The molecule has 4 aromatic rings. The van der Waals surface area contributed by atoms with Crippen LogP contribution in [-0.2, 0) is 36.0 Å². The maximum Gasteiger partial charge on any atom is 0.387 e. The Morgan fingerprint density at radius 1 is 0.889 bits per heavy atom. The highest BCUT2D eigenvalue weighted by molar-refractivity contribution is 7.91. The summed E-state index contributed by atoms with van der Waals surface area (Å²) in [6, 6.07) is 19.6. The zero-order valence-corrected chi connectivity index (χ0v) is 25.9. The number of Topliss-reactive ketones (excluding diaryl/α,β-unsaturated/α-hetero) is 1. The Labute approximate surface area is 259 Å². The third-order valence-electron chi connectivity index (χ3n) is 7.30. The van der Waals surface area contributed by atoms with Crippen molar-refractivity contribution in [2.45, 2.75) is 37.9 Å². The number of hydrogen-bond donors (Lipinski definition) is 1. The number of ketones is 1. The van der Waals surface area contributed by atoms with Crippen molar-refractivity contribution in [1.82, 2.24) is 4.98 Å². The van der Waals surface area contributed by atoms with E-state index in [2.05, 4.69) is 9.72 Å². The van der Waals surface area contributed by atoms with Crippen LogP contribution in [0.1, 0.15) is 41.6 Å². The fraction of sp³-hybridized carbons (Fsp3) is 0.323. The van der Waals surface area contributed by atoms with Gasteiger partial charge in [-0.25, -0.2) is 21.8 Å². The number of fused-ring (bicyclic) bond motifs is 1. The van der Waals surface area contributed by atoms with Crippen LogP contribution in [0.5, 0.6) is 5.75 Å². The first-order chi connectivity index (χ1) is 21.2. The summed E-state index contributed by atoms with van der Waals surface area (Å²) in [5.74, 6) is -8.39. The molecule has 0 aliphatic carbocycles. The van der Waals surface area contributed by atoms with Gasteiger partial charge in [-0.2, -0.15) is 8.78 Å². The number of oxazole rings is 1. The Morgan fingerprint density at radius 3 is 2.11 bits per heavy atom. The molecule has 0 aliphatic rings. The number of ether oxygens (including phenoxy) is 1. The van der Waals surface area contributed by atoms with Crippen molar-refractivity contribution in [3.63, 3.8) is 0 Å². The number of para-hydroxylation sites is 3. The fourth-order valence-corrected chi connectivity index (χ4v) is 9.62. The number of primary amides is 1. The van der Waals surface area contributed by atoms with Gasteiger partial charge in [0.1, 0.15) is 11.3 Å². The van der Waals surface area contributed by atoms with Crippen LogP contribution in [0.15, 0.2) is 83.3 Å². The lowest BCUT2D eigenvalue weighted by Gasteiger charge is -2.36. The Hall–Kier alpha value is -4.17. The minimum atomic E-state index is -4.54. The van der Waals surface area contributed by atoms with E-state index < -0.39 is 84.0 Å². The minimum Gasteiger partial charge on any atom is -0.435 e. The number of benzene rings is 3. The number of halogens is 2. The summed E-state index contributed by atoms with van der Waals surface area (Å²) >= 11 is 0. The third-order valence-corrected chi connectivity index (χ3v) is 10.7. The van der Waals surface area contributed by atoms with Gasteiger partial charge in [0.15, 0.2) is 25.3 Å². The lowest BCUT2D eigenvalue weighted by atomic mass is 9.73. The maximum absolute atomic E-state index is 14.1. The van der Waals surface area contributed by atoms with Gasteiger partial charge in [0.2, 0.25) is 11.7 Å². The summed E-state index contributed by atoms with van der Waals surface area (Å²) in [4.78, 5) is 31.7. The van der Waals surface area contributed by atoms with Gasteiger partial charge in [-0.05, 0) is 30.2 Å². The van der Waals surface area contributed by atoms with Gasteiger partial charge in [-0.3, -0.25) is 9.59 Å². The number of alkyl halides is 2. The maximum atomic E-state index is 14.1. The van der Waals surface area contributed by atoms with Gasteiger partial charge >= 0.3 is 6.61 Å². The number of amides is 1. The number of carbonyl (C=O) groups excluding carboxylic acids is 2. The molecule has 1 aromatic heterocycles. The number of carbonyl (C=O) groups is 2. The predicted octanol–water partition coefficient (Wildman–Crippen LogP) is 4.73. The minimum absolute atomic E-state index is 0.137. The highest BCUT2D eigenvalue weighted by Gasteiger charge is 2.53. The molecule has 45 heavy (non-hydrogen) atoms. The molecule has 14 heteroatoms. The van der Waals surface area contributed by atoms with Gasteiger partial charge in [0.25, 0.3) is 5.89 Å². The molecule has 1 unspecified atom stereocenters. The van der Waals surface area contributed by atoms with Crippen LogP contribution in [0.2, 0.25) is 0 Å². The van der Waals surface area contributed by atoms with E-state index >= 15 is 0 Å². The normalized spacial score (nSPS) is 14.2. The molecule has 2 N–H and O–H groups in total. The molecule has 1 amide bonds. The topological polar surface area (TPSA) is 164 Å². The van der Waals surface area contributed by atoms with Crippen LogP contribution >= 0.6 is 0 Å². The Morgan fingerprint density at radius 2 is 1.49 bits per heavy atom. The molecular formula is C31H32F2N2O8S2. The fourth-order valence-electron chi connectivity index (χ4n) is 5.42. The molecule has 2 atom stereocenters. The van der Waals surface area contributed by atoms with E-state index in [4.69, 9.17) is 10.2 Å². The number of nitrogens with two attached hydrogens (primary N) is 1. The van der Waals surface area contributed by atoms with Crippen molar-refractivity contribution in [1.29, 1.82) is 0 Å². The Bertz CT molecular complexity index is 1850. The molecule has 0 saturated carbocycles. The first kappa shape index (κ1) is 33.7. The second kappa shape index (κ2) is 13.9. The molecule has 0 bridgehead atoms. The highest BCUT2D eigenvalue weighted by atomic mass is 32.2. The van der Waals surface area contributed by atoms with Gasteiger partial charge in [-0.1, -0.05) is 74.0 Å². The summed E-state index contributed by atoms with van der Waals surface area (Å²) in [5.41, 5.74) is 4.20. The molecule has 0 spiro atoms. The van der Waals surface area contributed by atoms with Crippen molar-refractivity contribution < 1.29 is 44.4 Å². The number of aromatic nitrogens is 1. The molecule has 0 aliphatic heterocycles. The Kier molecular flexibility index (Phi) is 10.4. The first-order valence-electron chi connectivity index (χ1n) is 13.9. The smallest absolute Gasteiger partial charge is 0.387 e.